The van der Waals surface area contributed by atoms with E-state index >= 15 is 0 Å². The summed E-state index contributed by atoms with van der Waals surface area (Å²) in [5, 5.41) is 0. The van der Waals surface area contributed by atoms with Gasteiger partial charge >= 0.3 is 5.97 Å². The molecule has 2 aliphatic heterocycles. The first kappa shape index (κ1) is 22.4. The van der Waals surface area contributed by atoms with Crippen molar-refractivity contribution in [2.24, 2.45) is 0 Å². The number of anilines is 1. The summed E-state index contributed by atoms with van der Waals surface area (Å²) < 4.78 is 21.4. The summed E-state index contributed by atoms with van der Waals surface area (Å²) in [6, 6.07) is 9.87. The Hall–Kier alpha value is -3.75. The standard InChI is InChI=1S/C24H26N2O7/c1-14(27)33-17-9-20-24(29)25(12-15-5-7-16(30-2)8-6-15)19-11-22(32-4)21(31-3)10-18(19)23(28)26(20)13-17/h5-8,10-11,17,20H,9,12-13H2,1-4H3/t17-,20+/m1/s1. The summed E-state index contributed by atoms with van der Waals surface area (Å²) in [4.78, 5) is 41.8. The maximum Gasteiger partial charge on any atom is 0.302 e. The smallest absolute Gasteiger partial charge is 0.302 e. The molecule has 174 valence electrons. The number of fused-ring (bicyclic) bond motifs is 2. The molecule has 0 radical (unpaired) electrons. The molecule has 9 heteroatoms. The monoisotopic (exact) mass is 454 g/mol. The molecule has 0 saturated carbocycles. The quantitative estimate of drug-likeness (QED) is 0.619. The van der Waals surface area contributed by atoms with Crippen molar-refractivity contribution in [3.8, 4) is 17.2 Å². The van der Waals surface area contributed by atoms with Crippen molar-refractivity contribution in [3.63, 3.8) is 0 Å². The van der Waals surface area contributed by atoms with Crippen LogP contribution in [0.3, 0.4) is 0 Å². The lowest BCUT2D eigenvalue weighted by Gasteiger charge is -2.26. The van der Waals surface area contributed by atoms with Crippen molar-refractivity contribution >= 4 is 23.5 Å². The molecule has 0 bridgehead atoms. The normalized spacial score (nSPS) is 19.5. The lowest BCUT2D eigenvalue weighted by molar-refractivity contribution is -0.145. The van der Waals surface area contributed by atoms with Crippen LogP contribution in [0.25, 0.3) is 0 Å². The molecule has 2 aromatic rings. The molecule has 33 heavy (non-hydrogen) atoms. The van der Waals surface area contributed by atoms with Gasteiger partial charge in [-0.3, -0.25) is 14.4 Å². The number of carbonyl (C=O) groups excluding carboxylic acids is 3. The Morgan fingerprint density at radius 1 is 1.00 bits per heavy atom. The van der Waals surface area contributed by atoms with Gasteiger partial charge in [-0.05, 0) is 23.8 Å². The fourth-order valence-electron chi connectivity index (χ4n) is 4.37. The highest BCUT2D eigenvalue weighted by molar-refractivity contribution is 6.11. The second-order valence-corrected chi connectivity index (χ2v) is 7.94. The second-order valence-electron chi connectivity index (χ2n) is 7.94. The maximum atomic E-state index is 13.7. The lowest BCUT2D eigenvalue weighted by atomic mass is 10.1. The van der Waals surface area contributed by atoms with Crippen LogP contribution in [0.1, 0.15) is 29.3 Å². The third-order valence-electron chi connectivity index (χ3n) is 5.93. The SMILES string of the molecule is COc1ccc(CN2C(=O)[C@@H]3C[C@@H](OC(C)=O)CN3C(=O)c3cc(OC)c(OC)cc32)cc1. The van der Waals surface area contributed by atoms with Crippen LogP contribution in [0, 0.1) is 0 Å². The molecule has 1 saturated heterocycles. The van der Waals surface area contributed by atoms with Gasteiger partial charge < -0.3 is 28.7 Å². The first-order valence-corrected chi connectivity index (χ1v) is 10.5. The average molecular weight is 454 g/mol. The van der Waals surface area contributed by atoms with Crippen LogP contribution in [0.15, 0.2) is 36.4 Å². The van der Waals surface area contributed by atoms with Crippen LogP contribution < -0.4 is 19.1 Å². The number of amides is 2. The maximum absolute atomic E-state index is 13.7. The number of hydrogen-bond acceptors (Lipinski definition) is 7. The second kappa shape index (κ2) is 9.01. The topological polar surface area (TPSA) is 94.6 Å². The van der Waals surface area contributed by atoms with Crippen LogP contribution in [0.2, 0.25) is 0 Å². The number of ether oxygens (including phenoxy) is 4. The van der Waals surface area contributed by atoms with Gasteiger partial charge in [0.25, 0.3) is 5.91 Å². The van der Waals surface area contributed by atoms with Crippen molar-refractivity contribution in [1.82, 2.24) is 4.90 Å². The number of benzene rings is 2. The average Bonchev–Trinajstić information content (AvgIpc) is 3.21. The van der Waals surface area contributed by atoms with Crippen molar-refractivity contribution < 1.29 is 33.3 Å². The summed E-state index contributed by atoms with van der Waals surface area (Å²) in [5.74, 6) is 0.483. The minimum absolute atomic E-state index is 0.152. The van der Waals surface area contributed by atoms with Gasteiger partial charge in [-0.1, -0.05) is 12.1 Å². The van der Waals surface area contributed by atoms with Crippen LogP contribution in [-0.4, -0.2) is 62.7 Å². The summed E-state index contributed by atoms with van der Waals surface area (Å²) in [6.45, 7) is 1.70. The zero-order chi connectivity index (χ0) is 23.7. The van der Waals surface area contributed by atoms with E-state index in [-0.39, 0.29) is 31.3 Å². The molecule has 2 aromatic carbocycles. The van der Waals surface area contributed by atoms with E-state index in [9.17, 15) is 14.4 Å². The number of esters is 1. The lowest BCUT2D eigenvalue weighted by Crippen LogP contribution is -2.44. The van der Waals surface area contributed by atoms with Gasteiger partial charge in [0.2, 0.25) is 5.91 Å². The molecule has 1 fully saturated rings. The van der Waals surface area contributed by atoms with Gasteiger partial charge in [-0.15, -0.1) is 0 Å². The Labute approximate surface area is 191 Å². The molecule has 9 nitrogen and oxygen atoms in total. The number of methoxy groups -OCH3 is 3. The van der Waals surface area contributed by atoms with Gasteiger partial charge in [0.15, 0.2) is 11.5 Å². The van der Waals surface area contributed by atoms with E-state index < -0.39 is 18.1 Å². The highest BCUT2D eigenvalue weighted by Gasteiger charge is 2.47. The molecular weight excluding hydrogens is 428 g/mol. The summed E-state index contributed by atoms with van der Waals surface area (Å²) >= 11 is 0. The zero-order valence-corrected chi connectivity index (χ0v) is 19.0. The predicted octanol–water partition coefficient (Wildman–Crippen LogP) is 2.41. The van der Waals surface area contributed by atoms with Crippen LogP contribution in [0.4, 0.5) is 5.69 Å². The van der Waals surface area contributed by atoms with Gasteiger partial charge in [0, 0.05) is 19.4 Å². The Morgan fingerprint density at radius 3 is 2.27 bits per heavy atom. The van der Waals surface area contributed by atoms with E-state index in [4.69, 9.17) is 18.9 Å². The van der Waals surface area contributed by atoms with Crippen LogP contribution in [-0.2, 0) is 20.9 Å². The molecule has 0 N–H and O–H groups in total. The minimum atomic E-state index is -0.746. The fraction of sp³-hybridized carbons (Fsp3) is 0.375. The number of carbonyl (C=O) groups is 3. The van der Waals surface area contributed by atoms with Gasteiger partial charge in [0.1, 0.15) is 17.9 Å². The summed E-state index contributed by atoms with van der Waals surface area (Å²) in [5.41, 5.74) is 1.62. The Balaban J connectivity index is 1.79. The van der Waals surface area contributed by atoms with Gasteiger partial charge in [0.05, 0.1) is 45.7 Å². The molecule has 4 rings (SSSR count). The number of hydrogen-bond donors (Lipinski definition) is 0. The van der Waals surface area contributed by atoms with Gasteiger partial charge in [-0.25, -0.2) is 0 Å². The first-order chi connectivity index (χ1) is 15.9. The summed E-state index contributed by atoms with van der Waals surface area (Å²) in [7, 11) is 4.57. The van der Waals surface area contributed by atoms with Gasteiger partial charge in [-0.2, -0.15) is 0 Å². The van der Waals surface area contributed by atoms with Crippen LogP contribution >= 0.6 is 0 Å². The molecule has 0 aliphatic carbocycles. The molecule has 2 aliphatic rings. The van der Waals surface area contributed by atoms with E-state index in [0.717, 1.165) is 5.56 Å². The summed E-state index contributed by atoms with van der Waals surface area (Å²) in [6.07, 6.45) is -0.296. The van der Waals surface area contributed by atoms with Crippen molar-refractivity contribution in [1.29, 1.82) is 0 Å². The number of rotatable bonds is 6. The molecular formula is C24H26N2O7. The molecule has 0 spiro atoms. The van der Waals surface area contributed by atoms with Crippen molar-refractivity contribution in [3.05, 3.63) is 47.5 Å². The fourth-order valence-corrected chi connectivity index (χ4v) is 4.37. The van der Waals surface area contributed by atoms with Crippen LogP contribution in [0.5, 0.6) is 17.2 Å². The highest BCUT2D eigenvalue weighted by Crippen LogP contribution is 2.40. The van der Waals surface area contributed by atoms with E-state index in [1.165, 1.54) is 26.0 Å². The van der Waals surface area contributed by atoms with E-state index in [2.05, 4.69) is 0 Å². The Kier molecular flexibility index (Phi) is 6.13. The molecule has 0 unspecified atom stereocenters. The van der Waals surface area contributed by atoms with Crippen molar-refractivity contribution in [2.75, 3.05) is 32.8 Å². The van der Waals surface area contributed by atoms with E-state index in [1.54, 1.807) is 24.1 Å². The molecule has 2 amide bonds. The Morgan fingerprint density at radius 2 is 1.67 bits per heavy atom. The Bertz CT molecular complexity index is 1080. The van der Waals surface area contributed by atoms with E-state index in [0.29, 0.717) is 28.5 Å². The predicted molar refractivity (Wildman–Crippen MR) is 119 cm³/mol. The highest BCUT2D eigenvalue weighted by atomic mass is 16.5. The first-order valence-electron chi connectivity index (χ1n) is 10.5. The third-order valence-corrected chi connectivity index (χ3v) is 5.93. The minimum Gasteiger partial charge on any atom is -0.497 e. The largest absolute Gasteiger partial charge is 0.497 e. The molecule has 2 atom stereocenters. The van der Waals surface area contributed by atoms with E-state index in [1.807, 2.05) is 24.3 Å². The molecule has 2 heterocycles. The third kappa shape index (κ3) is 4.18. The molecule has 0 aromatic heterocycles. The number of nitrogens with zero attached hydrogens (tertiary/aromatic N) is 2. The van der Waals surface area contributed by atoms with Crippen molar-refractivity contribution in [2.45, 2.75) is 32.0 Å². The zero-order valence-electron chi connectivity index (χ0n) is 19.0.